The summed E-state index contributed by atoms with van der Waals surface area (Å²) in [6.45, 7) is 10.4. The fraction of sp³-hybridized carbons (Fsp3) is 0.463. The first-order valence-electron chi connectivity index (χ1n) is 17.8. The Kier molecular flexibility index (Phi) is 13.4. The summed E-state index contributed by atoms with van der Waals surface area (Å²) in [6, 6.07) is 26.4. The SMILES string of the molecule is CC(=O)O[C@@]1(C#C[C@H]2COC(C)(C)N2C(=O)OC(C)(C)C)O[C@H](COCc2ccccc2)[C@H](OCc2ccccc2)[C@H](OCc2ccccc2)[C@H]1N=[N+]=[N-]. The summed E-state index contributed by atoms with van der Waals surface area (Å²) in [5.41, 5.74) is 10.8. The average Bonchev–Trinajstić information content (AvgIpc) is 3.44. The topological polar surface area (TPSA) is 151 Å². The number of rotatable bonds is 12. The van der Waals surface area contributed by atoms with Crippen molar-refractivity contribution < 1.29 is 42.7 Å². The largest absolute Gasteiger partial charge is 0.444 e. The van der Waals surface area contributed by atoms with Crippen LogP contribution in [0.1, 0.15) is 58.2 Å². The molecule has 0 unspecified atom stereocenters. The van der Waals surface area contributed by atoms with Crippen molar-refractivity contribution in [3.05, 3.63) is 118 Å². The van der Waals surface area contributed by atoms with Crippen molar-refractivity contribution >= 4 is 12.1 Å². The third kappa shape index (κ3) is 10.6. The molecular weight excluding hydrogens is 692 g/mol. The number of hydrogen-bond acceptors (Lipinski definition) is 10. The highest BCUT2D eigenvalue weighted by Crippen LogP contribution is 2.38. The van der Waals surface area contributed by atoms with Gasteiger partial charge in [0.05, 0.1) is 33.0 Å². The van der Waals surface area contributed by atoms with E-state index in [4.69, 9.17) is 33.2 Å². The molecule has 2 aliphatic rings. The van der Waals surface area contributed by atoms with E-state index in [-0.39, 0.29) is 33.0 Å². The van der Waals surface area contributed by atoms with Crippen LogP contribution in [0.3, 0.4) is 0 Å². The highest BCUT2D eigenvalue weighted by Gasteiger charge is 2.58. The zero-order chi connectivity index (χ0) is 38.8. The molecule has 3 aromatic carbocycles. The Bertz CT molecular complexity index is 1800. The van der Waals surface area contributed by atoms with Crippen LogP contribution in [0.2, 0.25) is 0 Å². The first-order valence-corrected chi connectivity index (χ1v) is 17.8. The summed E-state index contributed by atoms with van der Waals surface area (Å²) in [5.74, 6) is 3.07. The predicted molar refractivity (Wildman–Crippen MR) is 198 cm³/mol. The molecule has 6 atom stereocenters. The Labute approximate surface area is 316 Å². The van der Waals surface area contributed by atoms with Crippen LogP contribution in [0.4, 0.5) is 4.79 Å². The molecule has 13 heteroatoms. The van der Waals surface area contributed by atoms with Gasteiger partial charge in [-0.25, -0.2) is 4.79 Å². The van der Waals surface area contributed by atoms with Crippen LogP contribution in [-0.4, -0.2) is 77.7 Å². The van der Waals surface area contributed by atoms with E-state index in [1.54, 1.807) is 34.6 Å². The van der Waals surface area contributed by atoms with E-state index >= 15 is 0 Å². The fourth-order valence-corrected chi connectivity index (χ4v) is 6.26. The fourth-order valence-electron chi connectivity index (χ4n) is 6.26. The van der Waals surface area contributed by atoms with E-state index in [1.165, 1.54) is 11.8 Å². The molecular formula is C41H48N4O9. The zero-order valence-corrected chi connectivity index (χ0v) is 31.5. The highest BCUT2D eigenvalue weighted by atomic mass is 16.7. The maximum atomic E-state index is 13.5. The maximum Gasteiger partial charge on any atom is 0.413 e. The summed E-state index contributed by atoms with van der Waals surface area (Å²) in [7, 11) is 0. The van der Waals surface area contributed by atoms with Gasteiger partial charge in [-0.3, -0.25) is 9.69 Å². The quantitative estimate of drug-likeness (QED) is 0.0624. The molecule has 5 rings (SSSR count). The monoisotopic (exact) mass is 740 g/mol. The molecule has 0 N–H and O–H groups in total. The van der Waals surface area contributed by atoms with Crippen LogP contribution >= 0.6 is 0 Å². The van der Waals surface area contributed by atoms with E-state index in [0.717, 1.165) is 16.7 Å². The standard InChI is InChI=1S/C41H48N4O9/c1-29(46)52-41(23-22-33-27-51-40(5,6)45(33)38(47)54-39(2,3)4)37(43-44-42)36(50-26-32-20-14-9-15-21-32)35(49-25-31-18-12-8-13-19-31)34(53-41)28-48-24-30-16-10-7-11-17-30/h7-21,33-37H,24-28H2,1-6H3/t33-,34+,35-,36-,37+,41-/m0/s1. The normalized spacial score (nSPS) is 24.8. The van der Waals surface area contributed by atoms with Crippen LogP contribution < -0.4 is 0 Å². The number of ether oxygens (including phenoxy) is 7. The lowest BCUT2D eigenvalue weighted by Gasteiger charge is -2.48. The van der Waals surface area contributed by atoms with Gasteiger partial charge in [0.2, 0.25) is 0 Å². The van der Waals surface area contributed by atoms with E-state index in [9.17, 15) is 15.1 Å². The molecule has 13 nitrogen and oxygen atoms in total. The van der Waals surface area contributed by atoms with Crippen molar-refractivity contribution in [2.75, 3.05) is 13.2 Å². The molecule has 1 amide bonds. The molecule has 2 heterocycles. The summed E-state index contributed by atoms with van der Waals surface area (Å²) in [5, 5.41) is 4.12. The first kappa shape index (κ1) is 40.3. The van der Waals surface area contributed by atoms with Crippen molar-refractivity contribution in [1.82, 2.24) is 4.90 Å². The minimum atomic E-state index is -2.21. The molecule has 0 radical (unpaired) electrons. The van der Waals surface area contributed by atoms with Gasteiger partial charge in [-0.05, 0) is 62.8 Å². The Morgan fingerprint density at radius 3 is 1.94 bits per heavy atom. The Hall–Kier alpha value is -4.93. The number of nitrogens with zero attached hydrogens (tertiary/aromatic N) is 4. The van der Waals surface area contributed by atoms with Crippen molar-refractivity contribution in [3.8, 4) is 11.8 Å². The van der Waals surface area contributed by atoms with E-state index in [1.807, 2.05) is 91.0 Å². The van der Waals surface area contributed by atoms with Crippen LogP contribution in [0, 0.1) is 11.8 Å². The molecule has 0 spiro atoms. The lowest BCUT2D eigenvalue weighted by atomic mass is 9.89. The molecule has 3 aromatic rings. The second-order valence-electron chi connectivity index (χ2n) is 14.5. The van der Waals surface area contributed by atoms with E-state index in [0.29, 0.717) is 0 Å². The van der Waals surface area contributed by atoms with E-state index < -0.39 is 59.6 Å². The molecule has 2 aliphatic heterocycles. The number of hydrogen-bond donors (Lipinski definition) is 0. The van der Waals surface area contributed by atoms with Crippen LogP contribution in [0.15, 0.2) is 96.1 Å². The molecule has 0 saturated carbocycles. The summed E-state index contributed by atoms with van der Waals surface area (Å²) < 4.78 is 43.7. The van der Waals surface area contributed by atoms with Crippen LogP contribution in [0.25, 0.3) is 10.4 Å². The number of esters is 1. The average molecular weight is 741 g/mol. The van der Waals surface area contributed by atoms with E-state index in [2.05, 4.69) is 21.9 Å². The summed E-state index contributed by atoms with van der Waals surface area (Å²) >= 11 is 0. The van der Waals surface area contributed by atoms with Crippen molar-refractivity contribution in [2.24, 2.45) is 5.11 Å². The van der Waals surface area contributed by atoms with Crippen LogP contribution in [-0.2, 0) is 57.8 Å². The predicted octanol–water partition coefficient (Wildman–Crippen LogP) is 7.09. The lowest BCUT2D eigenvalue weighted by Crippen LogP contribution is -2.66. The minimum absolute atomic E-state index is 0.0158. The minimum Gasteiger partial charge on any atom is -0.444 e. The zero-order valence-electron chi connectivity index (χ0n) is 31.5. The Morgan fingerprint density at radius 2 is 1.43 bits per heavy atom. The van der Waals surface area contributed by atoms with Gasteiger partial charge < -0.3 is 33.2 Å². The number of carbonyl (C=O) groups excluding carboxylic acids is 2. The summed E-state index contributed by atoms with van der Waals surface area (Å²) in [6.07, 6.45) is -3.59. The number of azide groups is 1. The van der Waals surface area contributed by atoms with Gasteiger partial charge in [-0.15, -0.1) is 0 Å². The maximum absolute atomic E-state index is 13.5. The number of carbonyl (C=O) groups is 2. The van der Waals surface area contributed by atoms with Gasteiger partial charge in [0.25, 0.3) is 5.79 Å². The summed E-state index contributed by atoms with van der Waals surface area (Å²) in [4.78, 5) is 31.0. The van der Waals surface area contributed by atoms with Gasteiger partial charge in [-0.1, -0.05) is 102 Å². The molecule has 0 aliphatic carbocycles. The lowest BCUT2D eigenvalue weighted by molar-refractivity contribution is -0.308. The Morgan fingerprint density at radius 1 is 0.889 bits per heavy atom. The molecule has 54 heavy (non-hydrogen) atoms. The highest BCUT2D eigenvalue weighted by molar-refractivity contribution is 5.70. The van der Waals surface area contributed by atoms with Crippen molar-refractivity contribution in [2.45, 2.75) is 109 Å². The molecule has 2 fully saturated rings. The van der Waals surface area contributed by atoms with Crippen molar-refractivity contribution in [1.29, 1.82) is 0 Å². The first-order chi connectivity index (χ1) is 25.8. The third-order valence-corrected chi connectivity index (χ3v) is 8.64. The van der Waals surface area contributed by atoms with Crippen molar-refractivity contribution in [3.63, 3.8) is 0 Å². The van der Waals surface area contributed by atoms with Gasteiger partial charge >= 0.3 is 12.1 Å². The molecule has 0 bridgehead atoms. The van der Waals surface area contributed by atoms with Gasteiger partial charge in [0.1, 0.15) is 41.7 Å². The van der Waals surface area contributed by atoms with Crippen LogP contribution in [0.5, 0.6) is 0 Å². The Balaban J connectivity index is 1.59. The second kappa shape index (κ2) is 17.9. The van der Waals surface area contributed by atoms with Gasteiger partial charge in [0.15, 0.2) is 0 Å². The molecule has 2 saturated heterocycles. The smallest absolute Gasteiger partial charge is 0.413 e. The third-order valence-electron chi connectivity index (χ3n) is 8.64. The number of amides is 1. The second-order valence-corrected chi connectivity index (χ2v) is 14.5. The van der Waals surface area contributed by atoms with Gasteiger partial charge in [0, 0.05) is 11.8 Å². The molecule has 0 aromatic heterocycles. The van der Waals surface area contributed by atoms with Gasteiger partial charge in [-0.2, -0.15) is 0 Å². The molecule has 286 valence electrons. The number of benzene rings is 3.